The number of methoxy groups -OCH3 is 1. The van der Waals surface area contributed by atoms with Gasteiger partial charge in [-0.25, -0.2) is 8.42 Å². The highest BCUT2D eigenvalue weighted by atomic mass is 35.5. The molecule has 0 spiro atoms. The third-order valence-electron chi connectivity index (χ3n) is 4.90. The van der Waals surface area contributed by atoms with Crippen molar-refractivity contribution in [3.63, 3.8) is 0 Å². The van der Waals surface area contributed by atoms with Gasteiger partial charge in [0.2, 0.25) is 5.91 Å². The van der Waals surface area contributed by atoms with Gasteiger partial charge in [0, 0.05) is 10.7 Å². The fourth-order valence-electron chi connectivity index (χ4n) is 3.30. The van der Waals surface area contributed by atoms with Gasteiger partial charge in [-0.1, -0.05) is 59.8 Å². The van der Waals surface area contributed by atoms with E-state index in [1.54, 1.807) is 53.1 Å². The molecular weight excluding hydrogens is 508 g/mol. The second-order valence-corrected chi connectivity index (χ2v) is 10.7. The highest BCUT2D eigenvalue weighted by Crippen LogP contribution is 2.29. The Hall–Kier alpha value is -3.34. The van der Waals surface area contributed by atoms with E-state index in [0.717, 1.165) is 11.8 Å². The van der Waals surface area contributed by atoms with Gasteiger partial charge in [0.15, 0.2) is 20.8 Å². The first-order valence-corrected chi connectivity index (χ1v) is 13.4. The molecule has 35 heavy (non-hydrogen) atoms. The number of nitrogens with zero attached hydrogens (tertiary/aromatic N) is 3. The van der Waals surface area contributed by atoms with Crippen LogP contribution in [0.5, 0.6) is 5.75 Å². The van der Waals surface area contributed by atoms with E-state index in [0.29, 0.717) is 27.3 Å². The van der Waals surface area contributed by atoms with Crippen molar-refractivity contribution in [2.24, 2.45) is 0 Å². The van der Waals surface area contributed by atoms with E-state index in [1.165, 1.54) is 7.11 Å². The summed E-state index contributed by atoms with van der Waals surface area (Å²) in [6.45, 7) is 0. The molecule has 0 atom stereocenters. The number of thioether (sulfide) groups is 1. The smallest absolute Gasteiger partial charge is 0.234 e. The lowest BCUT2D eigenvalue weighted by atomic mass is 10.3. The molecule has 0 saturated heterocycles. The molecule has 4 aromatic rings. The number of hydrogen-bond acceptors (Lipinski definition) is 7. The summed E-state index contributed by atoms with van der Waals surface area (Å²) in [7, 11) is -2.15. The van der Waals surface area contributed by atoms with Crippen LogP contribution in [0.2, 0.25) is 5.02 Å². The van der Waals surface area contributed by atoms with Gasteiger partial charge in [-0.2, -0.15) is 0 Å². The van der Waals surface area contributed by atoms with Gasteiger partial charge in [0.05, 0.1) is 23.4 Å². The molecule has 4 rings (SSSR count). The Morgan fingerprint density at radius 3 is 2.40 bits per heavy atom. The summed E-state index contributed by atoms with van der Waals surface area (Å²) in [5.74, 6) is 0.0852. The lowest BCUT2D eigenvalue weighted by Gasteiger charge is -2.12. The molecule has 1 amide bonds. The molecule has 0 fully saturated rings. The number of para-hydroxylation sites is 1. The van der Waals surface area contributed by atoms with Crippen molar-refractivity contribution >= 4 is 44.8 Å². The quantitative estimate of drug-likeness (QED) is 0.316. The van der Waals surface area contributed by atoms with E-state index >= 15 is 0 Å². The van der Waals surface area contributed by atoms with Gasteiger partial charge < -0.3 is 10.1 Å². The van der Waals surface area contributed by atoms with E-state index in [4.69, 9.17) is 16.3 Å². The van der Waals surface area contributed by atoms with Crippen LogP contribution in [0.1, 0.15) is 5.82 Å². The molecule has 0 bridgehead atoms. The topological polar surface area (TPSA) is 103 Å². The molecule has 1 N–H and O–H groups in total. The van der Waals surface area contributed by atoms with E-state index in [1.807, 2.05) is 30.3 Å². The molecule has 0 saturated carbocycles. The first-order valence-electron chi connectivity index (χ1n) is 10.4. The first-order chi connectivity index (χ1) is 16.9. The van der Waals surface area contributed by atoms with Gasteiger partial charge in [-0.15, -0.1) is 10.2 Å². The standard InChI is InChI=1S/C24H21ClN4O4S2/c1-33-21-13-12-17(25)14-20(21)26-23(30)15-34-24-28-27-22(29(24)18-8-4-2-5-9-18)16-35(31,32)19-10-6-3-7-11-19/h2-14H,15-16H2,1H3,(H,26,30). The Morgan fingerprint density at radius 1 is 1.03 bits per heavy atom. The highest BCUT2D eigenvalue weighted by molar-refractivity contribution is 7.99. The lowest BCUT2D eigenvalue weighted by Crippen LogP contribution is -2.15. The fraction of sp³-hybridized carbons (Fsp3) is 0.125. The molecular formula is C24H21ClN4O4S2. The largest absolute Gasteiger partial charge is 0.495 e. The van der Waals surface area contributed by atoms with E-state index in [2.05, 4.69) is 15.5 Å². The van der Waals surface area contributed by atoms with Crippen LogP contribution in [-0.2, 0) is 20.4 Å². The zero-order chi connectivity index (χ0) is 24.8. The Balaban J connectivity index is 1.57. The van der Waals surface area contributed by atoms with Gasteiger partial charge in [-0.05, 0) is 42.5 Å². The summed E-state index contributed by atoms with van der Waals surface area (Å²) in [4.78, 5) is 12.9. The van der Waals surface area contributed by atoms with Crippen LogP contribution in [0.15, 0.2) is 88.9 Å². The number of benzene rings is 3. The molecule has 11 heteroatoms. The number of anilines is 1. The van der Waals surface area contributed by atoms with Crippen LogP contribution in [0, 0.1) is 0 Å². The third-order valence-corrected chi connectivity index (χ3v) is 7.70. The van der Waals surface area contributed by atoms with Crippen LogP contribution in [-0.4, -0.2) is 42.0 Å². The minimum absolute atomic E-state index is 0.00602. The summed E-state index contributed by atoms with van der Waals surface area (Å²) in [6.07, 6.45) is 0. The molecule has 3 aromatic carbocycles. The maximum Gasteiger partial charge on any atom is 0.234 e. The Morgan fingerprint density at radius 2 is 1.71 bits per heavy atom. The number of nitrogens with one attached hydrogen (secondary N) is 1. The Kier molecular flexibility index (Phi) is 7.74. The first kappa shape index (κ1) is 24.8. The summed E-state index contributed by atoms with van der Waals surface area (Å²) < 4.78 is 32.9. The fourth-order valence-corrected chi connectivity index (χ4v) is 5.51. The normalized spacial score (nSPS) is 11.3. The number of hydrogen-bond donors (Lipinski definition) is 1. The molecule has 0 unspecified atom stereocenters. The predicted molar refractivity (Wildman–Crippen MR) is 136 cm³/mol. The van der Waals surface area contributed by atoms with Crippen molar-refractivity contribution in [3.8, 4) is 11.4 Å². The predicted octanol–water partition coefficient (Wildman–Crippen LogP) is 4.63. The molecule has 0 aliphatic carbocycles. The van der Waals surface area contributed by atoms with E-state index < -0.39 is 9.84 Å². The maximum absolute atomic E-state index is 13.0. The number of carbonyl (C=O) groups is 1. The number of halogens is 1. The number of aromatic nitrogens is 3. The number of rotatable bonds is 9. The molecule has 0 aliphatic rings. The molecule has 1 aromatic heterocycles. The van der Waals surface area contributed by atoms with E-state index in [9.17, 15) is 13.2 Å². The third kappa shape index (κ3) is 6.02. The van der Waals surface area contributed by atoms with Crippen molar-refractivity contribution in [2.75, 3.05) is 18.2 Å². The average molecular weight is 529 g/mol. The number of carbonyl (C=O) groups excluding carboxylic acids is 1. The van der Waals surface area contributed by atoms with Crippen LogP contribution in [0.25, 0.3) is 5.69 Å². The molecule has 0 aliphatic heterocycles. The van der Waals surface area contributed by atoms with Crippen LogP contribution < -0.4 is 10.1 Å². The van der Waals surface area contributed by atoms with Crippen molar-refractivity contribution in [1.82, 2.24) is 14.8 Å². The summed E-state index contributed by atoms with van der Waals surface area (Å²) in [5, 5.41) is 12.0. The summed E-state index contributed by atoms with van der Waals surface area (Å²) in [5.41, 5.74) is 1.14. The van der Waals surface area contributed by atoms with Gasteiger partial charge in [0.25, 0.3) is 0 Å². The Labute approximate surface area is 212 Å². The molecule has 8 nitrogen and oxygen atoms in total. The van der Waals surface area contributed by atoms with Gasteiger partial charge in [0.1, 0.15) is 11.5 Å². The Bertz CT molecular complexity index is 1430. The minimum Gasteiger partial charge on any atom is -0.495 e. The maximum atomic E-state index is 13.0. The minimum atomic E-state index is -3.65. The zero-order valence-electron chi connectivity index (χ0n) is 18.6. The van der Waals surface area contributed by atoms with Gasteiger partial charge in [-0.3, -0.25) is 9.36 Å². The lowest BCUT2D eigenvalue weighted by molar-refractivity contribution is -0.113. The average Bonchev–Trinajstić information content (AvgIpc) is 3.25. The van der Waals surface area contributed by atoms with Crippen molar-refractivity contribution in [2.45, 2.75) is 15.8 Å². The number of amides is 1. The van der Waals surface area contributed by atoms with Crippen LogP contribution >= 0.6 is 23.4 Å². The molecule has 180 valence electrons. The second kappa shape index (κ2) is 10.9. The SMILES string of the molecule is COc1ccc(Cl)cc1NC(=O)CSc1nnc(CS(=O)(=O)c2ccccc2)n1-c1ccccc1. The van der Waals surface area contributed by atoms with Crippen LogP contribution in [0.3, 0.4) is 0 Å². The van der Waals surface area contributed by atoms with E-state index in [-0.39, 0.29) is 28.1 Å². The number of ether oxygens (including phenoxy) is 1. The summed E-state index contributed by atoms with van der Waals surface area (Å²) >= 11 is 7.17. The van der Waals surface area contributed by atoms with Crippen molar-refractivity contribution in [1.29, 1.82) is 0 Å². The van der Waals surface area contributed by atoms with Gasteiger partial charge >= 0.3 is 0 Å². The highest BCUT2D eigenvalue weighted by Gasteiger charge is 2.23. The molecule has 0 radical (unpaired) electrons. The van der Waals surface area contributed by atoms with Crippen molar-refractivity contribution in [3.05, 3.63) is 89.7 Å². The van der Waals surface area contributed by atoms with Crippen LogP contribution in [0.4, 0.5) is 5.69 Å². The summed E-state index contributed by atoms with van der Waals surface area (Å²) in [6, 6.07) is 22.3. The monoisotopic (exact) mass is 528 g/mol. The number of sulfone groups is 1. The second-order valence-electron chi connectivity index (χ2n) is 7.32. The zero-order valence-corrected chi connectivity index (χ0v) is 21.0. The van der Waals surface area contributed by atoms with Crippen molar-refractivity contribution < 1.29 is 17.9 Å². The molecule has 1 heterocycles.